The van der Waals surface area contributed by atoms with E-state index < -0.39 is 11.2 Å². The third-order valence-corrected chi connectivity index (χ3v) is 1.97. The summed E-state index contributed by atoms with van der Waals surface area (Å²) in [6.45, 7) is 8.93. The molecule has 98 valence electrons. The molecule has 0 aliphatic carbocycles. The van der Waals surface area contributed by atoms with Gasteiger partial charge in [0.1, 0.15) is 5.60 Å². The predicted molar refractivity (Wildman–Crippen MR) is 66.6 cm³/mol. The second kappa shape index (κ2) is 6.71. The Morgan fingerprint density at radius 3 is 1.53 bits per heavy atom. The van der Waals surface area contributed by atoms with Crippen molar-refractivity contribution in [2.24, 2.45) is 0 Å². The molecule has 0 radical (unpaired) electrons. The highest BCUT2D eigenvalue weighted by atomic mass is 17.1. The Kier molecular flexibility index (Phi) is 6.34. The minimum absolute atomic E-state index is 0.403. The fourth-order valence-electron chi connectivity index (χ4n) is 0.892. The lowest BCUT2D eigenvalue weighted by Crippen LogP contribution is -2.19. The highest BCUT2D eigenvalue weighted by Crippen LogP contribution is 2.22. The van der Waals surface area contributed by atoms with Crippen molar-refractivity contribution in [3.8, 4) is 0 Å². The SMILES string of the molecule is CC(C)(C)OO.CC(C)(OO)c1ccccc1. The first-order valence-electron chi connectivity index (χ1n) is 5.43. The van der Waals surface area contributed by atoms with Crippen molar-refractivity contribution in [2.45, 2.75) is 45.8 Å². The van der Waals surface area contributed by atoms with Crippen LogP contribution in [0, 0.1) is 0 Å². The van der Waals surface area contributed by atoms with Crippen LogP contribution in [0.1, 0.15) is 40.2 Å². The molecule has 0 spiro atoms. The fraction of sp³-hybridized carbons (Fsp3) is 0.538. The van der Waals surface area contributed by atoms with Gasteiger partial charge in [0.05, 0.1) is 5.60 Å². The van der Waals surface area contributed by atoms with E-state index in [4.69, 9.17) is 10.5 Å². The third-order valence-electron chi connectivity index (χ3n) is 1.97. The smallest absolute Gasteiger partial charge is 0.123 e. The Balaban J connectivity index is 0.000000366. The van der Waals surface area contributed by atoms with Crippen molar-refractivity contribution in [2.75, 3.05) is 0 Å². The summed E-state index contributed by atoms with van der Waals surface area (Å²) in [5, 5.41) is 16.5. The first kappa shape index (κ1) is 16.1. The van der Waals surface area contributed by atoms with Gasteiger partial charge in [-0.15, -0.1) is 0 Å². The van der Waals surface area contributed by atoms with Gasteiger partial charge in [0.15, 0.2) is 0 Å². The zero-order valence-corrected chi connectivity index (χ0v) is 11.1. The van der Waals surface area contributed by atoms with Crippen LogP contribution >= 0.6 is 0 Å². The lowest BCUT2D eigenvalue weighted by atomic mass is 9.99. The van der Waals surface area contributed by atoms with E-state index >= 15 is 0 Å². The van der Waals surface area contributed by atoms with Gasteiger partial charge in [-0.3, -0.25) is 10.5 Å². The second-order valence-corrected chi connectivity index (χ2v) is 5.17. The van der Waals surface area contributed by atoms with Gasteiger partial charge < -0.3 is 0 Å². The molecule has 1 rings (SSSR count). The van der Waals surface area contributed by atoms with Crippen LogP contribution < -0.4 is 0 Å². The van der Waals surface area contributed by atoms with Crippen molar-refractivity contribution in [1.82, 2.24) is 0 Å². The Labute approximate surface area is 103 Å². The van der Waals surface area contributed by atoms with Crippen LogP contribution in [0.15, 0.2) is 30.3 Å². The number of hydrogen-bond acceptors (Lipinski definition) is 4. The maximum atomic E-state index is 8.55. The Hall–Kier alpha value is -0.940. The van der Waals surface area contributed by atoms with Crippen molar-refractivity contribution in [3.63, 3.8) is 0 Å². The molecule has 0 amide bonds. The highest BCUT2D eigenvalue weighted by Gasteiger charge is 2.20. The van der Waals surface area contributed by atoms with E-state index in [0.717, 1.165) is 5.56 Å². The van der Waals surface area contributed by atoms with E-state index in [2.05, 4.69) is 9.78 Å². The topological polar surface area (TPSA) is 58.9 Å². The zero-order valence-electron chi connectivity index (χ0n) is 11.1. The molecule has 0 aromatic heterocycles. The van der Waals surface area contributed by atoms with Gasteiger partial charge in [-0.1, -0.05) is 30.3 Å². The summed E-state index contributed by atoms with van der Waals surface area (Å²) in [7, 11) is 0. The second-order valence-electron chi connectivity index (χ2n) is 5.17. The summed E-state index contributed by atoms with van der Waals surface area (Å²) in [6.07, 6.45) is 0. The molecule has 4 heteroatoms. The van der Waals surface area contributed by atoms with Crippen LogP contribution in [0.5, 0.6) is 0 Å². The summed E-state index contributed by atoms with van der Waals surface area (Å²) in [4.78, 5) is 8.26. The lowest BCUT2D eigenvalue weighted by Gasteiger charge is -2.20. The molecular formula is C13H22O4. The normalized spacial score (nSPS) is 11.7. The van der Waals surface area contributed by atoms with E-state index in [0.29, 0.717) is 0 Å². The fourth-order valence-corrected chi connectivity index (χ4v) is 0.892. The van der Waals surface area contributed by atoms with E-state index in [-0.39, 0.29) is 0 Å². The van der Waals surface area contributed by atoms with Gasteiger partial charge >= 0.3 is 0 Å². The molecule has 1 aromatic rings. The molecule has 2 N–H and O–H groups in total. The third kappa shape index (κ3) is 7.07. The molecule has 4 nitrogen and oxygen atoms in total. The zero-order chi connectivity index (χ0) is 13.5. The first-order chi connectivity index (χ1) is 7.73. The molecule has 0 bridgehead atoms. The summed E-state index contributed by atoms with van der Waals surface area (Å²) >= 11 is 0. The molecule has 0 atom stereocenters. The summed E-state index contributed by atoms with van der Waals surface area (Å²) in [5.41, 5.74) is -0.0520. The van der Waals surface area contributed by atoms with E-state index in [9.17, 15) is 0 Å². The van der Waals surface area contributed by atoms with Gasteiger partial charge in [-0.2, -0.15) is 0 Å². The minimum Gasteiger partial charge on any atom is -0.251 e. The van der Waals surface area contributed by atoms with Gasteiger partial charge in [0.25, 0.3) is 0 Å². The average Bonchev–Trinajstić information content (AvgIpc) is 2.30. The molecule has 0 fully saturated rings. The Bertz CT molecular complexity index is 301. The monoisotopic (exact) mass is 242 g/mol. The molecule has 1 aromatic carbocycles. The number of rotatable bonds is 2. The van der Waals surface area contributed by atoms with Crippen molar-refractivity contribution < 1.29 is 20.3 Å². The van der Waals surface area contributed by atoms with E-state index in [1.807, 2.05) is 44.2 Å². The first-order valence-corrected chi connectivity index (χ1v) is 5.43. The molecule has 0 aliphatic heterocycles. The maximum Gasteiger partial charge on any atom is 0.123 e. The summed E-state index contributed by atoms with van der Waals surface area (Å²) in [5.74, 6) is 0. The van der Waals surface area contributed by atoms with Crippen molar-refractivity contribution in [1.29, 1.82) is 0 Å². The molecule has 0 aliphatic rings. The standard InChI is InChI=1S/C9H12O2.C4H10O2/c1-9(2,11-10)8-6-4-3-5-7-8;1-4(2,3)6-5/h3-7,10H,1-2H3;5H,1-3H3. The quantitative estimate of drug-likeness (QED) is 0.613. The molecule has 0 saturated carbocycles. The lowest BCUT2D eigenvalue weighted by molar-refractivity contribution is -0.318. The van der Waals surface area contributed by atoms with Gasteiger partial charge in [-0.25, -0.2) is 9.78 Å². The average molecular weight is 242 g/mol. The van der Waals surface area contributed by atoms with Crippen LogP contribution in [0.4, 0.5) is 0 Å². The number of hydrogen-bond donors (Lipinski definition) is 2. The van der Waals surface area contributed by atoms with Gasteiger partial charge in [-0.05, 0) is 40.2 Å². The Morgan fingerprint density at radius 1 is 0.824 bits per heavy atom. The van der Waals surface area contributed by atoms with Crippen LogP contribution in [0.3, 0.4) is 0 Å². The molecule has 17 heavy (non-hydrogen) atoms. The molecular weight excluding hydrogens is 220 g/mol. The van der Waals surface area contributed by atoms with Gasteiger partial charge in [0, 0.05) is 0 Å². The van der Waals surface area contributed by atoms with E-state index in [1.54, 1.807) is 20.8 Å². The summed E-state index contributed by atoms with van der Waals surface area (Å²) in [6, 6.07) is 9.58. The molecule has 0 unspecified atom stereocenters. The molecule has 0 saturated heterocycles. The molecule has 0 heterocycles. The van der Waals surface area contributed by atoms with Crippen LogP contribution in [0.25, 0.3) is 0 Å². The Morgan fingerprint density at radius 2 is 1.24 bits per heavy atom. The maximum absolute atomic E-state index is 8.55. The summed E-state index contributed by atoms with van der Waals surface area (Å²) < 4.78 is 0. The van der Waals surface area contributed by atoms with Gasteiger partial charge in [0.2, 0.25) is 0 Å². The van der Waals surface area contributed by atoms with Crippen LogP contribution in [0.2, 0.25) is 0 Å². The number of benzene rings is 1. The van der Waals surface area contributed by atoms with Crippen LogP contribution in [-0.4, -0.2) is 16.1 Å². The highest BCUT2D eigenvalue weighted by molar-refractivity contribution is 5.20. The van der Waals surface area contributed by atoms with Crippen molar-refractivity contribution in [3.05, 3.63) is 35.9 Å². The predicted octanol–water partition coefficient (Wildman–Crippen LogP) is 3.69. The van der Waals surface area contributed by atoms with Crippen molar-refractivity contribution >= 4 is 0 Å². The van der Waals surface area contributed by atoms with Crippen LogP contribution in [-0.2, 0) is 15.4 Å². The van der Waals surface area contributed by atoms with E-state index in [1.165, 1.54) is 0 Å². The largest absolute Gasteiger partial charge is 0.251 e. The minimum atomic E-state index is -0.610.